The monoisotopic (exact) mass is 382 g/mol. The van der Waals surface area contributed by atoms with Gasteiger partial charge in [0.2, 0.25) is 5.91 Å². The summed E-state index contributed by atoms with van der Waals surface area (Å²) in [5.41, 5.74) is 2.92. The van der Waals surface area contributed by atoms with Gasteiger partial charge in [-0.05, 0) is 25.0 Å². The van der Waals surface area contributed by atoms with Crippen LogP contribution < -0.4 is 16.2 Å². The number of aromatic amines is 1. The number of H-pyrrole nitrogens is 1. The van der Waals surface area contributed by atoms with E-state index in [9.17, 15) is 9.59 Å². The van der Waals surface area contributed by atoms with Gasteiger partial charge in [0.15, 0.2) is 5.65 Å². The number of halogens is 1. The number of hydrogen-bond acceptors (Lipinski definition) is 5. The predicted octanol–water partition coefficient (Wildman–Crippen LogP) is -0.136. The van der Waals surface area contributed by atoms with E-state index in [0.29, 0.717) is 17.6 Å². The Morgan fingerprint density at radius 2 is 1.96 bits per heavy atom. The largest absolute Gasteiger partial charge is 0.355 e. The van der Waals surface area contributed by atoms with E-state index in [4.69, 9.17) is 0 Å². The highest BCUT2D eigenvalue weighted by Crippen LogP contribution is 2.20. The molecule has 1 saturated heterocycles. The molecule has 0 aromatic carbocycles. The third-order valence-electron chi connectivity index (χ3n) is 4.87. The summed E-state index contributed by atoms with van der Waals surface area (Å²) >= 11 is 0. The van der Waals surface area contributed by atoms with Gasteiger partial charge in [-0.25, -0.2) is 4.98 Å². The van der Waals surface area contributed by atoms with Gasteiger partial charge in [-0.1, -0.05) is 0 Å². The van der Waals surface area contributed by atoms with Crippen molar-refractivity contribution in [2.24, 2.45) is 7.05 Å². The van der Waals surface area contributed by atoms with Crippen molar-refractivity contribution in [3.05, 3.63) is 27.2 Å². The Morgan fingerprint density at radius 1 is 1.27 bits per heavy atom. The molecule has 0 spiro atoms. The lowest BCUT2D eigenvalue weighted by Crippen LogP contribution is -2.46. The first-order chi connectivity index (χ1) is 12.0. The second-order valence-corrected chi connectivity index (χ2v) is 6.62. The maximum Gasteiger partial charge on any atom is 0.273 e. The van der Waals surface area contributed by atoms with Gasteiger partial charge < -0.3 is 10.6 Å². The van der Waals surface area contributed by atoms with Crippen molar-refractivity contribution in [3.8, 4) is 0 Å². The molecule has 1 fully saturated rings. The van der Waals surface area contributed by atoms with E-state index >= 15 is 0 Å². The summed E-state index contributed by atoms with van der Waals surface area (Å²) in [6.45, 7) is 9.31. The van der Waals surface area contributed by atoms with Gasteiger partial charge in [0, 0.05) is 52.0 Å². The summed E-state index contributed by atoms with van der Waals surface area (Å²) in [4.78, 5) is 31.3. The lowest BCUT2D eigenvalue weighted by atomic mass is 10.0. The zero-order valence-electron chi connectivity index (χ0n) is 15.5. The molecule has 26 heavy (non-hydrogen) atoms. The van der Waals surface area contributed by atoms with Crippen molar-refractivity contribution >= 4 is 29.3 Å². The van der Waals surface area contributed by atoms with Crippen LogP contribution in [0.15, 0.2) is 4.79 Å². The smallest absolute Gasteiger partial charge is 0.273 e. The van der Waals surface area contributed by atoms with E-state index in [1.807, 2.05) is 13.8 Å². The summed E-state index contributed by atoms with van der Waals surface area (Å²) in [5, 5.41) is 9.58. The quantitative estimate of drug-likeness (QED) is 0.669. The molecule has 144 valence electrons. The van der Waals surface area contributed by atoms with E-state index in [-0.39, 0.29) is 30.3 Å². The lowest BCUT2D eigenvalue weighted by molar-refractivity contribution is -0.120. The summed E-state index contributed by atoms with van der Waals surface area (Å²) in [7, 11) is 1.76. The number of aromatic nitrogens is 3. The average Bonchev–Trinajstić information content (AvgIpc) is 2.86. The van der Waals surface area contributed by atoms with Crippen LogP contribution in [0.2, 0.25) is 0 Å². The molecular formula is C17H27ClN6O2. The fraction of sp³-hybridized carbons (Fsp3) is 0.588. The van der Waals surface area contributed by atoms with Gasteiger partial charge in [0.1, 0.15) is 0 Å². The molecule has 8 nitrogen and oxygen atoms in total. The lowest BCUT2D eigenvalue weighted by Gasteiger charge is -2.27. The molecule has 0 aliphatic carbocycles. The van der Waals surface area contributed by atoms with Gasteiger partial charge >= 0.3 is 0 Å². The fourth-order valence-electron chi connectivity index (χ4n) is 3.42. The van der Waals surface area contributed by atoms with Crippen LogP contribution in [-0.2, 0) is 18.3 Å². The number of amides is 1. The molecule has 0 saturated carbocycles. The first kappa shape index (κ1) is 20.4. The number of carbonyl (C=O) groups is 1. The minimum absolute atomic E-state index is 0. The molecule has 9 heteroatoms. The number of nitrogens with zero attached hydrogens (tertiary/aromatic N) is 3. The summed E-state index contributed by atoms with van der Waals surface area (Å²) in [5.74, 6) is -0.0326. The number of aryl methyl sites for hydroxylation is 3. The van der Waals surface area contributed by atoms with Crippen LogP contribution in [0.3, 0.4) is 0 Å². The van der Waals surface area contributed by atoms with E-state index in [1.54, 1.807) is 11.7 Å². The molecule has 3 heterocycles. The third kappa shape index (κ3) is 4.25. The number of fused-ring (bicyclic) bond motifs is 1. The van der Waals surface area contributed by atoms with Crippen LogP contribution in [0, 0.1) is 13.8 Å². The maximum atomic E-state index is 12.3. The molecule has 2 aromatic rings. The number of rotatable bonds is 5. The van der Waals surface area contributed by atoms with Gasteiger partial charge in [-0.15, -0.1) is 12.4 Å². The van der Waals surface area contributed by atoms with Gasteiger partial charge in [-0.2, -0.15) is 0 Å². The van der Waals surface area contributed by atoms with Crippen LogP contribution in [0.1, 0.15) is 16.8 Å². The van der Waals surface area contributed by atoms with Crippen molar-refractivity contribution < 1.29 is 4.79 Å². The van der Waals surface area contributed by atoms with Crippen LogP contribution in [0.25, 0.3) is 11.0 Å². The van der Waals surface area contributed by atoms with Crippen molar-refractivity contribution in [1.29, 1.82) is 0 Å². The highest BCUT2D eigenvalue weighted by Gasteiger charge is 2.17. The minimum atomic E-state index is -0.164. The normalized spacial score (nSPS) is 15.0. The summed E-state index contributed by atoms with van der Waals surface area (Å²) in [6, 6.07) is 0. The van der Waals surface area contributed by atoms with Crippen LogP contribution >= 0.6 is 12.4 Å². The molecular weight excluding hydrogens is 356 g/mol. The Morgan fingerprint density at radius 3 is 2.65 bits per heavy atom. The maximum absolute atomic E-state index is 12.3. The van der Waals surface area contributed by atoms with Crippen molar-refractivity contribution in [2.45, 2.75) is 20.3 Å². The Bertz CT molecular complexity index is 838. The molecule has 0 atom stereocenters. The van der Waals surface area contributed by atoms with Crippen LogP contribution in [0.5, 0.6) is 0 Å². The van der Waals surface area contributed by atoms with Gasteiger partial charge in [0.05, 0.1) is 11.8 Å². The van der Waals surface area contributed by atoms with Crippen LogP contribution in [0.4, 0.5) is 0 Å². The standard InChI is InChI=1S/C17H26N6O2.ClH/c1-11-13(12(2)20-16-15(11)17(25)21-22(16)3)10-14(24)19-6-9-23-7-4-18-5-8-23;/h18H,4-10H2,1-3H3,(H,19,24)(H,21,25);1H. The molecule has 3 N–H and O–H groups in total. The number of nitrogens with one attached hydrogen (secondary N) is 3. The molecule has 2 aromatic heterocycles. The summed E-state index contributed by atoms with van der Waals surface area (Å²) < 4.78 is 1.62. The molecule has 0 radical (unpaired) electrons. The first-order valence-electron chi connectivity index (χ1n) is 8.72. The average molecular weight is 383 g/mol. The van der Waals surface area contributed by atoms with Crippen LogP contribution in [-0.4, -0.2) is 64.8 Å². The molecule has 1 aliphatic rings. The molecule has 3 rings (SSSR count). The zero-order valence-corrected chi connectivity index (χ0v) is 16.3. The minimum Gasteiger partial charge on any atom is -0.355 e. The molecule has 0 bridgehead atoms. The molecule has 1 amide bonds. The van der Waals surface area contributed by atoms with Crippen molar-refractivity contribution in [3.63, 3.8) is 0 Å². The Labute approximate surface area is 158 Å². The Hall–Kier alpha value is -1.90. The molecule has 0 unspecified atom stereocenters. The van der Waals surface area contributed by atoms with E-state index in [2.05, 4.69) is 25.6 Å². The molecule has 1 aliphatic heterocycles. The second-order valence-electron chi connectivity index (χ2n) is 6.62. The predicted molar refractivity (Wildman–Crippen MR) is 104 cm³/mol. The van der Waals surface area contributed by atoms with Gasteiger partial charge in [-0.3, -0.25) is 24.3 Å². The topological polar surface area (TPSA) is 95.1 Å². The number of hydrogen-bond donors (Lipinski definition) is 3. The van der Waals surface area contributed by atoms with Crippen molar-refractivity contribution in [1.82, 2.24) is 30.3 Å². The van der Waals surface area contributed by atoms with E-state index in [1.165, 1.54) is 0 Å². The van der Waals surface area contributed by atoms with E-state index in [0.717, 1.165) is 49.5 Å². The van der Waals surface area contributed by atoms with E-state index < -0.39 is 0 Å². The number of pyridine rings is 1. The SMILES string of the molecule is Cc1nc2c(c(C)c1CC(=O)NCCN1CCNCC1)c(=O)[nH]n2C.Cl. The Kier molecular flexibility index (Phi) is 6.80. The summed E-state index contributed by atoms with van der Waals surface area (Å²) in [6.07, 6.45) is 0.247. The van der Waals surface area contributed by atoms with Gasteiger partial charge in [0.25, 0.3) is 5.56 Å². The highest BCUT2D eigenvalue weighted by atomic mass is 35.5. The zero-order chi connectivity index (χ0) is 18.0. The van der Waals surface area contributed by atoms with Crippen molar-refractivity contribution in [2.75, 3.05) is 39.3 Å². The second kappa shape index (κ2) is 8.66. The highest BCUT2D eigenvalue weighted by molar-refractivity contribution is 5.85. The first-order valence-corrected chi connectivity index (χ1v) is 8.72. The number of carbonyl (C=O) groups excluding carboxylic acids is 1. The Balaban J connectivity index is 0.00000243. The fourth-order valence-corrected chi connectivity index (χ4v) is 3.42. The number of piperazine rings is 1. The third-order valence-corrected chi connectivity index (χ3v) is 4.87.